The number of benzene rings is 1. The van der Waals surface area contributed by atoms with Gasteiger partial charge in [0.05, 0.1) is 10.0 Å². The highest BCUT2D eigenvalue weighted by Crippen LogP contribution is 2.23. The van der Waals surface area contributed by atoms with E-state index < -0.39 is 0 Å². The van der Waals surface area contributed by atoms with Gasteiger partial charge in [0.15, 0.2) is 0 Å². The van der Waals surface area contributed by atoms with Gasteiger partial charge in [-0.2, -0.15) is 0 Å². The number of halogens is 2. The van der Waals surface area contributed by atoms with Crippen LogP contribution < -0.4 is 0 Å². The van der Waals surface area contributed by atoms with Gasteiger partial charge >= 0.3 is 0 Å². The Bertz CT molecular complexity index is 420. The molecule has 0 aliphatic heterocycles. The van der Waals surface area contributed by atoms with E-state index in [0.717, 1.165) is 19.4 Å². The Balaban J connectivity index is 2.97. The molecule has 100 valence electrons. The normalized spacial score (nSPS) is 12.3. The largest absolute Gasteiger partial charge is 0.336 e. The highest BCUT2D eigenvalue weighted by molar-refractivity contribution is 6.42. The van der Waals surface area contributed by atoms with Crippen molar-refractivity contribution >= 4 is 29.1 Å². The van der Waals surface area contributed by atoms with E-state index >= 15 is 0 Å². The quantitative estimate of drug-likeness (QED) is 0.772. The van der Waals surface area contributed by atoms with E-state index in [1.54, 1.807) is 18.2 Å². The van der Waals surface area contributed by atoms with Crippen LogP contribution in [0.1, 0.15) is 44.0 Å². The summed E-state index contributed by atoms with van der Waals surface area (Å²) in [7, 11) is 0. The third-order valence-electron chi connectivity index (χ3n) is 3.01. The molecule has 1 amide bonds. The molecule has 0 bridgehead atoms. The molecule has 0 N–H and O–H groups in total. The molecule has 0 aliphatic rings. The van der Waals surface area contributed by atoms with Crippen LogP contribution >= 0.6 is 23.2 Å². The van der Waals surface area contributed by atoms with Crippen molar-refractivity contribution in [1.29, 1.82) is 0 Å². The molecule has 1 aromatic carbocycles. The third-order valence-corrected chi connectivity index (χ3v) is 3.75. The number of carbonyl (C=O) groups excluding carboxylic acids is 1. The van der Waals surface area contributed by atoms with Crippen LogP contribution in [0.3, 0.4) is 0 Å². The summed E-state index contributed by atoms with van der Waals surface area (Å²) >= 11 is 11.8. The van der Waals surface area contributed by atoms with E-state index in [1.807, 2.05) is 4.90 Å². The predicted octanol–water partition coefficient (Wildman–Crippen LogP) is 4.64. The molecule has 0 saturated carbocycles. The number of hydrogen-bond donors (Lipinski definition) is 0. The van der Waals surface area contributed by atoms with Gasteiger partial charge in [0, 0.05) is 18.2 Å². The first-order chi connectivity index (χ1) is 8.51. The van der Waals surface area contributed by atoms with Crippen LogP contribution in [0.4, 0.5) is 0 Å². The molecule has 2 nitrogen and oxygen atoms in total. The maximum Gasteiger partial charge on any atom is 0.254 e. The molecule has 0 radical (unpaired) electrons. The molecular weight excluding hydrogens is 269 g/mol. The molecule has 18 heavy (non-hydrogen) atoms. The summed E-state index contributed by atoms with van der Waals surface area (Å²) in [5.74, 6) is 0.0183. The van der Waals surface area contributed by atoms with Crippen molar-refractivity contribution in [3.63, 3.8) is 0 Å². The molecular formula is C14H19Cl2NO. The summed E-state index contributed by atoms with van der Waals surface area (Å²) in [4.78, 5) is 14.3. The summed E-state index contributed by atoms with van der Waals surface area (Å²) in [5, 5.41) is 0.891. The van der Waals surface area contributed by atoms with Crippen LogP contribution in [-0.2, 0) is 0 Å². The van der Waals surface area contributed by atoms with E-state index in [2.05, 4.69) is 20.8 Å². The molecule has 0 spiro atoms. The number of carbonyl (C=O) groups is 1. The lowest BCUT2D eigenvalue weighted by Gasteiger charge is -2.28. The molecule has 1 rings (SSSR count). The highest BCUT2D eigenvalue weighted by Gasteiger charge is 2.20. The van der Waals surface area contributed by atoms with Gasteiger partial charge in [-0.25, -0.2) is 0 Å². The zero-order chi connectivity index (χ0) is 13.7. The van der Waals surface area contributed by atoms with Crippen LogP contribution in [0.5, 0.6) is 0 Å². The Morgan fingerprint density at radius 1 is 1.28 bits per heavy atom. The van der Waals surface area contributed by atoms with Crippen molar-refractivity contribution in [2.75, 3.05) is 6.54 Å². The first kappa shape index (κ1) is 15.3. The topological polar surface area (TPSA) is 20.3 Å². The van der Waals surface area contributed by atoms with Crippen molar-refractivity contribution in [3.8, 4) is 0 Å². The molecule has 0 saturated heterocycles. The van der Waals surface area contributed by atoms with Crippen molar-refractivity contribution in [1.82, 2.24) is 4.90 Å². The Morgan fingerprint density at radius 3 is 2.44 bits per heavy atom. The first-order valence-corrected chi connectivity index (χ1v) is 7.02. The molecule has 0 heterocycles. The van der Waals surface area contributed by atoms with Crippen LogP contribution in [0.2, 0.25) is 10.0 Å². The van der Waals surface area contributed by atoms with Crippen molar-refractivity contribution < 1.29 is 4.79 Å². The molecule has 1 aromatic rings. The number of amides is 1. The van der Waals surface area contributed by atoms with Crippen molar-refractivity contribution in [3.05, 3.63) is 33.8 Å². The summed E-state index contributed by atoms with van der Waals surface area (Å²) in [6, 6.07) is 5.25. The van der Waals surface area contributed by atoms with Crippen LogP contribution in [0.15, 0.2) is 18.2 Å². The van der Waals surface area contributed by atoms with Gasteiger partial charge in [-0.3, -0.25) is 4.79 Å². The first-order valence-electron chi connectivity index (χ1n) is 6.27. The molecule has 1 unspecified atom stereocenters. The van der Waals surface area contributed by atoms with Gasteiger partial charge in [-0.05, 0) is 38.0 Å². The zero-order valence-electron chi connectivity index (χ0n) is 11.0. The van der Waals surface area contributed by atoms with E-state index in [4.69, 9.17) is 23.2 Å². The fourth-order valence-corrected chi connectivity index (χ4v) is 2.08. The highest BCUT2D eigenvalue weighted by atomic mass is 35.5. The van der Waals surface area contributed by atoms with Gasteiger partial charge in [0.2, 0.25) is 0 Å². The van der Waals surface area contributed by atoms with E-state index in [0.29, 0.717) is 15.6 Å². The fraction of sp³-hybridized carbons (Fsp3) is 0.500. The number of rotatable bonds is 5. The molecule has 0 fully saturated rings. The Labute approximate surface area is 119 Å². The zero-order valence-corrected chi connectivity index (χ0v) is 12.6. The second kappa shape index (κ2) is 7.01. The van der Waals surface area contributed by atoms with Gasteiger partial charge < -0.3 is 4.90 Å². The summed E-state index contributed by atoms with van der Waals surface area (Å²) in [5.41, 5.74) is 0.596. The number of nitrogens with zero attached hydrogens (tertiary/aromatic N) is 1. The average Bonchev–Trinajstić information content (AvgIpc) is 2.37. The Morgan fingerprint density at radius 2 is 1.94 bits per heavy atom. The minimum atomic E-state index is 0.0183. The van der Waals surface area contributed by atoms with Crippen LogP contribution in [-0.4, -0.2) is 23.4 Å². The SMILES string of the molecule is CCCN(C(=O)c1ccc(Cl)c(Cl)c1)C(C)CC. The van der Waals surface area contributed by atoms with Gasteiger partial charge in [-0.1, -0.05) is 37.0 Å². The second-order valence-electron chi connectivity index (χ2n) is 4.38. The second-order valence-corrected chi connectivity index (χ2v) is 5.20. The molecule has 0 aliphatic carbocycles. The Hall–Kier alpha value is -0.730. The van der Waals surface area contributed by atoms with Gasteiger partial charge in [0.1, 0.15) is 0 Å². The summed E-state index contributed by atoms with van der Waals surface area (Å²) < 4.78 is 0. The summed E-state index contributed by atoms with van der Waals surface area (Å²) in [6.45, 7) is 6.96. The molecule has 0 aromatic heterocycles. The van der Waals surface area contributed by atoms with Crippen molar-refractivity contribution in [2.45, 2.75) is 39.7 Å². The average molecular weight is 288 g/mol. The van der Waals surface area contributed by atoms with E-state index in [9.17, 15) is 4.79 Å². The lowest BCUT2D eigenvalue weighted by atomic mass is 10.1. The lowest BCUT2D eigenvalue weighted by Crippen LogP contribution is -2.38. The number of hydrogen-bond acceptors (Lipinski definition) is 1. The van der Waals surface area contributed by atoms with Crippen LogP contribution in [0, 0.1) is 0 Å². The van der Waals surface area contributed by atoms with Gasteiger partial charge in [0.25, 0.3) is 5.91 Å². The Kier molecular flexibility index (Phi) is 5.97. The van der Waals surface area contributed by atoms with E-state index in [1.165, 1.54) is 0 Å². The minimum Gasteiger partial charge on any atom is -0.336 e. The van der Waals surface area contributed by atoms with Gasteiger partial charge in [-0.15, -0.1) is 0 Å². The van der Waals surface area contributed by atoms with E-state index in [-0.39, 0.29) is 11.9 Å². The minimum absolute atomic E-state index is 0.0183. The third kappa shape index (κ3) is 3.63. The van der Waals surface area contributed by atoms with Crippen molar-refractivity contribution in [2.24, 2.45) is 0 Å². The maximum atomic E-state index is 12.4. The molecule has 1 atom stereocenters. The molecule has 4 heteroatoms. The predicted molar refractivity (Wildman–Crippen MR) is 77.5 cm³/mol. The van der Waals surface area contributed by atoms with Crippen LogP contribution in [0.25, 0.3) is 0 Å². The lowest BCUT2D eigenvalue weighted by molar-refractivity contribution is 0.0688. The maximum absolute atomic E-state index is 12.4. The summed E-state index contributed by atoms with van der Waals surface area (Å²) in [6.07, 6.45) is 1.88. The monoisotopic (exact) mass is 287 g/mol. The standard InChI is InChI=1S/C14H19Cl2NO/c1-4-8-17(10(3)5-2)14(18)11-6-7-12(15)13(16)9-11/h6-7,9-10H,4-5,8H2,1-3H3. The smallest absolute Gasteiger partial charge is 0.254 e. The fourth-order valence-electron chi connectivity index (χ4n) is 1.78.